The van der Waals surface area contributed by atoms with Gasteiger partial charge in [0.2, 0.25) is 5.95 Å². The Morgan fingerprint density at radius 2 is 2.00 bits per heavy atom. The van der Waals surface area contributed by atoms with Crippen molar-refractivity contribution < 1.29 is 21.6 Å². The van der Waals surface area contributed by atoms with Gasteiger partial charge in [0.05, 0.1) is 15.5 Å². The van der Waals surface area contributed by atoms with E-state index in [1.54, 1.807) is 0 Å². The summed E-state index contributed by atoms with van der Waals surface area (Å²) in [5, 5.41) is 5.04. The van der Waals surface area contributed by atoms with Crippen LogP contribution in [0.2, 0.25) is 5.02 Å². The fraction of sp³-hybridized carbons (Fsp3) is 0.111. The van der Waals surface area contributed by atoms with Gasteiger partial charge in [0.15, 0.2) is 0 Å². The smallest absolute Gasteiger partial charge is 0.248 e. The minimum atomic E-state index is -4.76. The van der Waals surface area contributed by atoms with Gasteiger partial charge in [-0.2, -0.15) is 23.3 Å². The van der Waals surface area contributed by atoms with E-state index >= 15 is 0 Å². The summed E-state index contributed by atoms with van der Waals surface area (Å²) in [6, 6.07) is 2.26. The van der Waals surface area contributed by atoms with Gasteiger partial charge >= 0.3 is 6.18 Å². The van der Waals surface area contributed by atoms with Crippen molar-refractivity contribution in [2.45, 2.75) is 11.1 Å². The zero-order valence-corrected chi connectivity index (χ0v) is 11.0. The summed E-state index contributed by atoms with van der Waals surface area (Å²) in [5.74, 6) is -0.214. The average Bonchev–Trinajstić information content (AvgIpc) is 2.79. The molecule has 11 heteroatoms. The molecule has 0 unspecified atom stereocenters. The van der Waals surface area contributed by atoms with Crippen LogP contribution in [0.5, 0.6) is 0 Å². The molecular weight excluding hydrogens is 321 g/mol. The van der Waals surface area contributed by atoms with Crippen LogP contribution in [0.15, 0.2) is 29.4 Å². The first-order valence-electron chi connectivity index (χ1n) is 4.95. The molecule has 0 saturated carbocycles. The molecule has 0 aliphatic rings. The third-order valence-corrected chi connectivity index (χ3v) is 3.87. The van der Waals surface area contributed by atoms with Crippen molar-refractivity contribution in [1.82, 2.24) is 15.2 Å². The third-order valence-electron chi connectivity index (χ3n) is 2.20. The van der Waals surface area contributed by atoms with Crippen molar-refractivity contribution in [1.29, 1.82) is 0 Å². The van der Waals surface area contributed by atoms with Crippen LogP contribution in [0, 0.1) is 0 Å². The Labute approximate surface area is 116 Å². The van der Waals surface area contributed by atoms with E-state index in [0.717, 1.165) is 18.5 Å². The van der Waals surface area contributed by atoms with Crippen molar-refractivity contribution in [3.8, 4) is 0 Å². The molecule has 0 amide bonds. The number of H-pyrrole nitrogens is 1. The van der Waals surface area contributed by atoms with E-state index in [2.05, 4.69) is 15.2 Å². The van der Waals surface area contributed by atoms with E-state index in [-0.39, 0.29) is 5.95 Å². The largest absolute Gasteiger partial charge is 0.417 e. The molecule has 0 aliphatic carbocycles. The number of rotatable bonds is 3. The van der Waals surface area contributed by atoms with Crippen molar-refractivity contribution in [2.75, 3.05) is 4.72 Å². The monoisotopic (exact) mass is 326 g/mol. The molecule has 2 N–H and O–H groups in total. The van der Waals surface area contributed by atoms with Crippen LogP contribution < -0.4 is 4.72 Å². The molecule has 20 heavy (non-hydrogen) atoms. The van der Waals surface area contributed by atoms with Crippen LogP contribution in [0.25, 0.3) is 0 Å². The summed E-state index contributed by atoms with van der Waals surface area (Å²) in [5.41, 5.74) is -1.24. The fourth-order valence-electron chi connectivity index (χ4n) is 1.33. The van der Waals surface area contributed by atoms with Crippen LogP contribution >= 0.6 is 11.6 Å². The maximum Gasteiger partial charge on any atom is 0.417 e. The number of aromatic amines is 1. The highest BCUT2D eigenvalue weighted by molar-refractivity contribution is 7.92. The van der Waals surface area contributed by atoms with Crippen molar-refractivity contribution >= 4 is 27.6 Å². The Balaban J connectivity index is 2.43. The van der Waals surface area contributed by atoms with E-state index in [1.807, 2.05) is 4.72 Å². The lowest BCUT2D eigenvalue weighted by Crippen LogP contribution is -2.15. The van der Waals surface area contributed by atoms with Gasteiger partial charge in [0, 0.05) is 0 Å². The van der Waals surface area contributed by atoms with E-state index in [1.165, 1.54) is 0 Å². The van der Waals surface area contributed by atoms with Gasteiger partial charge in [-0.1, -0.05) is 11.6 Å². The molecule has 0 bridgehead atoms. The lowest BCUT2D eigenvalue weighted by atomic mass is 10.2. The second-order valence-corrected chi connectivity index (χ2v) is 5.67. The first-order valence-corrected chi connectivity index (χ1v) is 6.81. The Morgan fingerprint density at radius 1 is 1.30 bits per heavy atom. The number of hydrogen-bond acceptors (Lipinski definition) is 4. The van der Waals surface area contributed by atoms with Gasteiger partial charge in [-0.25, -0.2) is 18.2 Å². The van der Waals surface area contributed by atoms with Gasteiger partial charge < -0.3 is 0 Å². The maximum absolute atomic E-state index is 12.7. The molecule has 1 aromatic heterocycles. The number of anilines is 1. The summed E-state index contributed by atoms with van der Waals surface area (Å²) in [7, 11) is -4.23. The lowest BCUT2D eigenvalue weighted by Gasteiger charge is -2.11. The minimum Gasteiger partial charge on any atom is -0.248 e. The van der Waals surface area contributed by atoms with Crippen molar-refractivity contribution in [3.05, 3.63) is 35.1 Å². The molecule has 0 radical (unpaired) electrons. The standard InChI is InChI=1S/C9H6ClF3N4O2S/c10-7-2-1-5(3-6(7)9(11,12)13)20(18,19)17-8-14-4-15-16-8/h1-4H,(H2,14,15,16,17). The quantitative estimate of drug-likeness (QED) is 0.905. The van der Waals surface area contributed by atoms with Crippen LogP contribution in [0.1, 0.15) is 5.56 Å². The molecule has 2 aromatic rings. The maximum atomic E-state index is 12.7. The van der Waals surface area contributed by atoms with Crippen LogP contribution in [0.4, 0.5) is 19.1 Å². The zero-order chi connectivity index (χ0) is 15.0. The van der Waals surface area contributed by atoms with Crippen molar-refractivity contribution in [2.24, 2.45) is 0 Å². The molecule has 0 aliphatic heterocycles. The molecule has 1 aromatic carbocycles. The highest BCUT2D eigenvalue weighted by Crippen LogP contribution is 2.36. The van der Waals surface area contributed by atoms with Gasteiger partial charge in [-0.3, -0.25) is 0 Å². The Hall–Kier alpha value is -1.81. The van der Waals surface area contributed by atoms with Crippen LogP contribution in [-0.4, -0.2) is 23.6 Å². The molecule has 108 valence electrons. The molecular formula is C9H6ClF3N4O2S. The molecule has 2 rings (SSSR count). The predicted octanol–water partition coefficient (Wildman–Crippen LogP) is 2.28. The lowest BCUT2D eigenvalue weighted by molar-refractivity contribution is -0.137. The van der Waals surface area contributed by atoms with Gasteiger partial charge in [0.25, 0.3) is 10.0 Å². The highest BCUT2D eigenvalue weighted by atomic mass is 35.5. The van der Waals surface area contributed by atoms with E-state index in [4.69, 9.17) is 11.6 Å². The number of nitrogens with zero attached hydrogens (tertiary/aromatic N) is 2. The molecule has 0 spiro atoms. The third kappa shape index (κ3) is 3.02. The summed E-state index contributed by atoms with van der Waals surface area (Å²) in [6.07, 6.45) is -3.71. The predicted molar refractivity (Wildman–Crippen MR) is 63.6 cm³/mol. The van der Waals surface area contributed by atoms with Gasteiger partial charge in [-0.05, 0) is 18.2 Å². The van der Waals surface area contributed by atoms with E-state index in [9.17, 15) is 21.6 Å². The average molecular weight is 327 g/mol. The number of alkyl halides is 3. The van der Waals surface area contributed by atoms with E-state index in [0.29, 0.717) is 6.07 Å². The number of halogens is 4. The van der Waals surface area contributed by atoms with Gasteiger partial charge in [-0.15, -0.1) is 0 Å². The second kappa shape index (κ2) is 4.94. The summed E-state index contributed by atoms with van der Waals surface area (Å²) >= 11 is 5.41. The number of benzene rings is 1. The van der Waals surface area contributed by atoms with Gasteiger partial charge in [0.1, 0.15) is 6.33 Å². The number of hydrogen-bond donors (Lipinski definition) is 2. The topological polar surface area (TPSA) is 87.7 Å². The minimum absolute atomic E-state index is 0.214. The Morgan fingerprint density at radius 3 is 2.55 bits per heavy atom. The Bertz CT molecular complexity index is 715. The first kappa shape index (κ1) is 14.6. The molecule has 0 atom stereocenters. The van der Waals surface area contributed by atoms with E-state index < -0.39 is 31.7 Å². The SMILES string of the molecule is O=S(=O)(Nc1ncn[nH]1)c1ccc(Cl)c(C(F)(F)F)c1. The van der Waals surface area contributed by atoms with Crippen LogP contribution in [0.3, 0.4) is 0 Å². The summed E-state index contributed by atoms with van der Waals surface area (Å²) < 4.78 is 63.7. The summed E-state index contributed by atoms with van der Waals surface area (Å²) in [4.78, 5) is 2.92. The Kier molecular flexibility index (Phi) is 3.61. The first-order chi connectivity index (χ1) is 9.20. The number of aromatic nitrogens is 3. The number of nitrogens with one attached hydrogen (secondary N) is 2. The zero-order valence-electron chi connectivity index (χ0n) is 9.44. The van der Waals surface area contributed by atoms with Crippen LogP contribution in [-0.2, 0) is 16.2 Å². The fourth-order valence-corrected chi connectivity index (χ4v) is 2.55. The molecule has 0 fully saturated rings. The van der Waals surface area contributed by atoms with Crippen molar-refractivity contribution in [3.63, 3.8) is 0 Å². The molecule has 0 saturated heterocycles. The second-order valence-electron chi connectivity index (χ2n) is 3.58. The highest BCUT2D eigenvalue weighted by Gasteiger charge is 2.34. The summed E-state index contributed by atoms with van der Waals surface area (Å²) in [6.45, 7) is 0. The number of sulfonamides is 1. The molecule has 1 heterocycles. The molecule has 6 nitrogen and oxygen atoms in total. The normalized spacial score (nSPS) is 12.4.